The molecule has 1 atom stereocenters. The molecule has 1 aromatic heterocycles. The third-order valence-corrected chi connectivity index (χ3v) is 4.28. The highest BCUT2D eigenvalue weighted by molar-refractivity contribution is 6.32. The Kier molecular flexibility index (Phi) is 4.76. The predicted molar refractivity (Wildman–Crippen MR) is 88.1 cm³/mol. The van der Waals surface area contributed by atoms with Crippen LogP contribution >= 0.6 is 11.6 Å². The second-order valence-corrected chi connectivity index (χ2v) is 6.07. The Balaban J connectivity index is 1.66. The molecular formula is C17H18ClN3O2. The number of aryl methyl sites for hydroxylation is 1. The first-order valence-corrected chi connectivity index (χ1v) is 8.03. The molecule has 1 unspecified atom stereocenters. The second-order valence-electron chi connectivity index (χ2n) is 5.66. The van der Waals surface area contributed by atoms with Crippen LogP contribution in [0.25, 0.3) is 6.08 Å². The predicted octanol–water partition coefficient (Wildman–Crippen LogP) is 3.45. The van der Waals surface area contributed by atoms with Crippen LogP contribution in [0.1, 0.15) is 36.0 Å². The molecule has 6 heteroatoms. The number of carbonyl (C=O) groups is 1. The van der Waals surface area contributed by atoms with E-state index in [2.05, 4.69) is 10.1 Å². The van der Waals surface area contributed by atoms with E-state index in [4.69, 9.17) is 16.1 Å². The lowest BCUT2D eigenvalue weighted by Gasteiger charge is -2.30. The van der Waals surface area contributed by atoms with Crippen molar-refractivity contribution in [1.82, 2.24) is 15.0 Å². The Labute approximate surface area is 139 Å². The molecule has 3 rings (SSSR count). The smallest absolute Gasteiger partial charge is 0.246 e. The minimum absolute atomic E-state index is 0.0224. The molecule has 5 nitrogen and oxygen atoms in total. The van der Waals surface area contributed by atoms with Gasteiger partial charge in [-0.05, 0) is 37.5 Å². The molecule has 0 aliphatic carbocycles. The maximum Gasteiger partial charge on any atom is 0.246 e. The summed E-state index contributed by atoms with van der Waals surface area (Å²) in [5.74, 6) is 1.34. The first kappa shape index (κ1) is 15.7. The fourth-order valence-corrected chi connectivity index (χ4v) is 2.93. The molecule has 0 saturated carbocycles. The summed E-state index contributed by atoms with van der Waals surface area (Å²) in [6, 6.07) is 7.45. The monoisotopic (exact) mass is 331 g/mol. The lowest BCUT2D eigenvalue weighted by atomic mass is 9.98. The summed E-state index contributed by atoms with van der Waals surface area (Å²) in [6.07, 6.45) is 5.21. The van der Waals surface area contributed by atoms with Gasteiger partial charge in [-0.25, -0.2) is 0 Å². The van der Waals surface area contributed by atoms with Crippen molar-refractivity contribution in [3.8, 4) is 0 Å². The van der Waals surface area contributed by atoms with E-state index < -0.39 is 0 Å². The molecule has 23 heavy (non-hydrogen) atoms. The van der Waals surface area contributed by atoms with E-state index in [9.17, 15) is 4.79 Å². The molecule has 1 saturated heterocycles. The van der Waals surface area contributed by atoms with E-state index in [1.54, 1.807) is 25.1 Å². The molecule has 0 radical (unpaired) electrons. The van der Waals surface area contributed by atoms with Gasteiger partial charge in [-0.15, -0.1) is 0 Å². The zero-order valence-electron chi connectivity index (χ0n) is 12.9. The summed E-state index contributed by atoms with van der Waals surface area (Å²) < 4.78 is 5.24. The van der Waals surface area contributed by atoms with Gasteiger partial charge in [0.05, 0.1) is 5.92 Å². The van der Waals surface area contributed by atoms with Crippen LogP contribution in [0.4, 0.5) is 0 Å². The molecular weight excluding hydrogens is 314 g/mol. The zero-order valence-corrected chi connectivity index (χ0v) is 13.7. The van der Waals surface area contributed by atoms with Crippen molar-refractivity contribution in [2.45, 2.75) is 25.7 Å². The van der Waals surface area contributed by atoms with Crippen LogP contribution in [0.3, 0.4) is 0 Å². The molecule has 0 N–H and O–H groups in total. The Morgan fingerprint density at radius 2 is 2.26 bits per heavy atom. The molecule has 1 fully saturated rings. The van der Waals surface area contributed by atoms with Crippen LogP contribution in [0.15, 0.2) is 34.9 Å². The van der Waals surface area contributed by atoms with Gasteiger partial charge in [0, 0.05) is 24.2 Å². The van der Waals surface area contributed by atoms with Crippen LogP contribution < -0.4 is 0 Å². The van der Waals surface area contributed by atoms with E-state index >= 15 is 0 Å². The zero-order chi connectivity index (χ0) is 16.2. The number of hydrogen-bond acceptors (Lipinski definition) is 4. The number of halogens is 1. The van der Waals surface area contributed by atoms with E-state index in [0.29, 0.717) is 23.3 Å². The number of likely N-dealkylation sites (tertiary alicyclic amines) is 1. The van der Waals surface area contributed by atoms with Crippen molar-refractivity contribution >= 4 is 23.6 Å². The number of carbonyl (C=O) groups excluding carboxylic acids is 1. The molecule has 2 heterocycles. The molecule has 0 spiro atoms. The third-order valence-electron chi connectivity index (χ3n) is 3.94. The fourth-order valence-electron chi connectivity index (χ4n) is 2.73. The lowest BCUT2D eigenvalue weighted by molar-refractivity contribution is -0.127. The minimum atomic E-state index is -0.0224. The molecule has 1 aliphatic heterocycles. The van der Waals surface area contributed by atoms with Crippen molar-refractivity contribution in [3.63, 3.8) is 0 Å². The molecule has 1 amide bonds. The van der Waals surface area contributed by atoms with Crippen LogP contribution in [0.5, 0.6) is 0 Å². The normalized spacial score (nSPS) is 18.5. The minimum Gasteiger partial charge on any atom is -0.339 e. The Morgan fingerprint density at radius 1 is 1.43 bits per heavy atom. The fraction of sp³-hybridized carbons (Fsp3) is 0.353. The molecule has 2 aromatic rings. The van der Waals surface area contributed by atoms with Gasteiger partial charge in [0.25, 0.3) is 0 Å². The van der Waals surface area contributed by atoms with Crippen LogP contribution in [-0.2, 0) is 4.79 Å². The summed E-state index contributed by atoms with van der Waals surface area (Å²) in [6.45, 7) is 3.15. The van der Waals surface area contributed by atoms with Gasteiger partial charge in [0.2, 0.25) is 11.8 Å². The lowest BCUT2D eigenvalue weighted by Crippen LogP contribution is -2.38. The number of nitrogens with zero attached hydrogens (tertiary/aromatic N) is 3. The van der Waals surface area contributed by atoms with Crippen molar-refractivity contribution in [1.29, 1.82) is 0 Å². The third kappa shape index (κ3) is 3.79. The van der Waals surface area contributed by atoms with Crippen molar-refractivity contribution in [2.24, 2.45) is 0 Å². The Hall–Kier alpha value is -2.14. The largest absolute Gasteiger partial charge is 0.339 e. The first-order chi connectivity index (χ1) is 11.1. The quantitative estimate of drug-likeness (QED) is 0.808. The molecule has 120 valence electrons. The summed E-state index contributed by atoms with van der Waals surface area (Å²) in [5, 5.41) is 4.46. The number of amides is 1. The molecule has 0 bridgehead atoms. The summed E-state index contributed by atoms with van der Waals surface area (Å²) in [4.78, 5) is 18.5. The average molecular weight is 332 g/mol. The highest BCUT2D eigenvalue weighted by atomic mass is 35.5. The number of piperidine rings is 1. The summed E-state index contributed by atoms with van der Waals surface area (Å²) in [5.41, 5.74) is 0.837. The molecule has 1 aromatic carbocycles. The van der Waals surface area contributed by atoms with Gasteiger partial charge >= 0.3 is 0 Å². The van der Waals surface area contributed by atoms with Gasteiger partial charge in [-0.2, -0.15) is 4.98 Å². The van der Waals surface area contributed by atoms with Crippen LogP contribution in [0.2, 0.25) is 5.02 Å². The number of benzene rings is 1. The van der Waals surface area contributed by atoms with Crippen molar-refractivity contribution in [2.75, 3.05) is 13.1 Å². The van der Waals surface area contributed by atoms with Gasteiger partial charge in [0.1, 0.15) is 0 Å². The van der Waals surface area contributed by atoms with Crippen LogP contribution in [0, 0.1) is 6.92 Å². The Bertz CT molecular complexity index is 726. The van der Waals surface area contributed by atoms with Gasteiger partial charge in [-0.1, -0.05) is 35.0 Å². The summed E-state index contributed by atoms with van der Waals surface area (Å²) in [7, 11) is 0. The number of hydrogen-bond donors (Lipinski definition) is 0. The standard InChI is InChI=1S/C17H18ClN3O2/c1-12-19-17(23-20-12)14-6-4-10-21(11-14)16(22)9-8-13-5-2-3-7-15(13)18/h2-3,5,7-9,14H,4,6,10-11H2,1H3. The van der Waals surface area contributed by atoms with Gasteiger partial charge < -0.3 is 9.42 Å². The van der Waals surface area contributed by atoms with Crippen molar-refractivity contribution < 1.29 is 9.32 Å². The van der Waals surface area contributed by atoms with Gasteiger partial charge in [0.15, 0.2) is 5.82 Å². The van der Waals surface area contributed by atoms with Crippen molar-refractivity contribution in [3.05, 3.63) is 52.6 Å². The van der Waals surface area contributed by atoms with E-state index in [-0.39, 0.29) is 11.8 Å². The van der Waals surface area contributed by atoms with E-state index in [1.165, 1.54) is 0 Å². The topological polar surface area (TPSA) is 59.2 Å². The van der Waals surface area contributed by atoms with Crippen LogP contribution in [-0.4, -0.2) is 34.0 Å². The summed E-state index contributed by atoms with van der Waals surface area (Å²) >= 11 is 6.10. The second kappa shape index (κ2) is 6.96. The molecule has 1 aliphatic rings. The van der Waals surface area contributed by atoms with E-state index in [1.807, 2.05) is 23.1 Å². The SMILES string of the molecule is Cc1noc(C2CCCN(C(=O)C=Cc3ccccc3Cl)C2)n1. The highest BCUT2D eigenvalue weighted by Gasteiger charge is 2.27. The first-order valence-electron chi connectivity index (χ1n) is 7.65. The van der Waals surface area contributed by atoms with Gasteiger partial charge in [-0.3, -0.25) is 4.79 Å². The maximum atomic E-state index is 12.4. The average Bonchev–Trinajstić information content (AvgIpc) is 3.00. The maximum absolute atomic E-state index is 12.4. The number of aromatic nitrogens is 2. The number of rotatable bonds is 3. The highest BCUT2D eigenvalue weighted by Crippen LogP contribution is 2.26. The van der Waals surface area contributed by atoms with E-state index in [0.717, 1.165) is 24.9 Å². The Morgan fingerprint density at radius 3 is 3.00 bits per heavy atom.